The molecule has 1 heterocycles. The number of rotatable bonds is 7. The van der Waals surface area contributed by atoms with E-state index in [4.69, 9.17) is 4.74 Å². The summed E-state index contributed by atoms with van der Waals surface area (Å²) < 4.78 is 7.27. The van der Waals surface area contributed by atoms with E-state index < -0.39 is 0 Å². The summed E-state index contributed by atoms with van der Waals surface area (Å²) in [6, 6.07) is 7.97. The van der Waals surface area contributed by atoms with E-state index >= 15 is 0 Å². The number of hydrogen-bond acceptors (Lipinski definition) is 3. The van der Waals surface area contributed by atoms with E-state index in [1.54, 1.807) is 7.11 Å². The van der Waals surface area contributed by atoms with Crippen molar-refractivity contribution in [3.8, 4) is 5.75 Å². The Morgan fingerprint density at radius 1 is 1.30 bits per heavy atom. The molecule has 108 valence electrons. The molecule has 2 rings (SSSR count). The molecule has 0 fully saturated rings. The summed E-state index contributed by atoms with van der Waals surface area (Å²) in [4.78, 5) is 0. The number of aryl methyl sites for hydroxylation is 1. The molecule has 1 unspecified atom stereocenters. The molecule has 0 spiro atoms. The summed E-state index contributed by atoms with van der Waals surface area (Å²) in [5.74, 6) is 1.07. The molecule has 1 aromatic carbocycles. The minimum absolute atomic E-state index is 0.162. The highest BCUT2D eigenvalue weighted by Gasteiger charge is 2.13. The number of aromatic nitrogens is 2. The van der Waals surface area contributed by atoms with Crippen LogP contribution >= 0.6 is 0 Å². The summed E-state index contributed by atoms with van der Waals surface area (Å²) in [6.45, 7) is 3.10. The molecule has 1 N–H and O–H groups in total. The summed E-state index contributed by atoms with van der Waals surface area (Å²) in [5, 5.41) is 13.9. The predicted molar refractivity (Wildman–Crippen MR) is 78.9 cm³/mol. The molecular weight excluding hydrogens is 252 g/mol. The number of methoxy groups -OCH3 is 1. The van der Waals surface area contributed by atoms with Crippen LogP contribution in [0.2, 0.25) is 0 Å². The predicted octanol–water partition coefficient (Wildman–Crippen LogP) is 2.31. The van der Waals surface area contributed by atoms with Gasteiger partial charge in [0, 0.05) is 19.3 Å². The number of hydrogen-bond donors (Lipinski definition) is 1. The van der Waals surface area contributed by atoms with Gasteiger partial charge in [0.25, 0.3) is 0 Å². The monoisotopic (exact) mass is 274 g/mol. The van der Waals surface area contributed by atoms with E-state index in [9.17, 15) is 5.11 Å². The van der Waals surface area contributed by atoms with Crippen molar-refractivity contribution in [3.05, 3.63) is 47.8 Å². The van der Waals surface area contributed by atoms with Crippen LogP contribution in [0.15, 0.2) is 36.7 Å². The molecule has 0 aliphatic carbocycles. The van der Waals surface area contributed by atoms with Gasteiger partial charge in [0.15, 0.2) is 0 Å². The Hall–Kier alpha value is -1.81. The Labute approximate surface area is 120 Å². The summed E-state index contributed by atoms with van der Waals surface area (Å²) >= 11 is 0. The van der Waals surface area contributed by atoms with E-state index in [0.717, 1.165) is 30.7 Å². The van der Waals surface area contributed by atoms with E-state index in [2.05, 4.69) is 18.1 Å². The van der Waals surface area contributed by atoms with Crippen LogP contribution in [0, 0.1) is 5.92 Å². The minimum Gasteiger partial charge on any atom is -0.496 e. The van der Waals surface area contributed by atoms with Gasteiger partial charge in [0.05, 0.1) is 13.3 Å². The molecule has 0 aliphatic rings. The highest BCUT2D eigenvalue weighted by molar-refractivity contribution is 5.33. The number of ether oxygens (including phenoxy) is 1. The SMILES string of the molecule is CCn1cc(CC(CO)Cc2ccccc2OC)cn1. The molecule has 20 heavy (non-hydrogen) atoms. The first-order chi connectivity index (χ1) is 9.76. The molecule has 1 atom stereocenters. The van der Waals surface area contributed by atoms with Crippen LogP contribution in [0.25, 0.3) is 0 Å². The van der Waals surface area contributed by atoms with Crippen molar-refractivity contribution >= 4 is 0 Å². The van der Waals surface area contributed by atoms with Gasteiger partial charge in [-0.3, -0.25) is 4.68 Å². The van der Waals surface area contributed by atoms with Gasteiger partial charge in [0.1, 0.15) is 5.75 Å². The first kappa shape index (κ1) is 14.6. The minimum atomic E-state index is 0.162. The Morgan fingerprint density at radius 3 is 2.75 bits per heavy atom. The lowest BCUT2D eigenvalue weighted by Gasteiger charge is -2.15. The zero-order chi connectivity index (χ0) is 14.4. The number of benzene rings is 1. The van der Waals surface area contributed by atoms with Crippen LogP contribution < -0.4 is 4.74 Å². The number of aliphatic hydroxyl groups excluding tert-OH is 1. The fourth-order valence-electron chi connectivity index (χ4n) is 2.40. The first-order valence-corrected chi connectivity index (χ1v) is 7.00. The lowest BCUT2D eigenvalue weighted by molar-refractivity contribution is 0.224. The van der Waals surface area contributed by atoms with Gasteiger partial charge in [-0.2, -0.15) is 5.10 Å². The van der Waals surface area contributed by atoms with Crippen LogP contribution in [-0.2, 0) is 19.4 Å². The van der Waals surface area contributed by atoms with Crippen molar-refractivity contribution in [3.63, 3.8) is 0 Å². The third kappa shape index (κ3) is 3.61. The molecule has 4 heteroatoms. The number of nitrogens with zero attached hydrogens (tertiary/aromatic N) is 2. The highest BCUT2D eigenvalue weighted by Crippen LogP contribution is 2.22. The van der Waals surface area contributed by atoms with Gasteiger partial charge in [-0.1, -0.05) is 18.2 Å². The normalized spacial score (nSPS) is 12.3. The molecule has 0 saturated carbocycles. The molecule has 0 bridgehead atoms. The van der Waals surface area contributed by atoms with E-state index in [1.165, 1.54) is 5.56 Å². The van der Waals surface area contributed by atoms with Gasteiger partial charge in [-0.25, -0.2) is 0 Å². The second-order valence-corrected chi connectivity index (χ2v) is 4.97. The van der Waals surface area contributed by atoms with Crippen LogP contribution in [-0.4, -0.2) is 28.6 Å². The molecule has 0 aliphatic heterocycles. The van der Waals surface area contributed by atoms with Gasteiger partial charge in [-0.05, 0) is 42.9 Å². The third-order valence-corrected chi connectivity index (χ3v) is 3.49. The van der Waals surface area contributed by atoms with Gasteiger partial charge in [-0.15, -0.1) is 0 Å². The molecule has 0 saturated heterocycles. The van der Waals surface area contributed by atoms with Crippen molar-refractivity contribution in [1.82, 2.24) is 9.78 Å². The maximum Gasteiger partial charge on any atom is 0.122 e. The smallest absolute Gasteiger partial charge is 0.122 e. The lowest BCUT2D eigenvalue weighted by atomic mass is 9.94. The van der Waals surface area contributed by atoms with Crippen molar-refractivity contribution in [1.29, 1.82) is 0 Å². The number of aliphatic hydroxyl groups is 1. The highest BCUT2D eigenvalue weighted by atomic mass is 16.5. The van der Waals surface area contributed by atoms with Gasteiger partial charge >= 0.3 is 0 Å². The van der Waals surface area contributed by atoms with Crippen molar-refractivity contribution in [2.45, 2.75) is 26.3 Å². The third-order valence-electron chi connectivity index (χ3n) is 3.49. The molecule has 1 aromatic heterocycles. The van der Waals surface area contributed by atoms with E-state index in [0.29, 0.717) is 0 Å². The maximum atomic E-state index is 9.61. The van der Waals surface area contributed by atoms with E-state index in [1.807, 2.05) is 35.3 Å². The van der Waals surface area contributed by atoms with Crippen LogP contribution in [0.1, 0.15) is 18.1 Å². The lowest BCUT2D eigenvalue weighted by Crippen LogP contribution is -2.13. The summed E-state index contributed by atoms with van der Waals surface area (Å²) in [6.07, 6.45) is 5.56. The van der Waals surface area contributed by atoms with Crippen LogP contribution in [0.4, 0.5) is 0 Å². The van der Waals surface area contributed by atoms with Gasteiger partial charge in [0.2, 0.25) is 0 Å². The Morgan fingerprint density at radius 2 is 2.10 bits per heavy atom. The molecule has 0 amide bonds. The average Bonchev–Trinajstić information content (AvgIpc) is 2.94. The van der Waals surface area contributed by atoms with Crippen LogP contribution in [0.3, 0.4) is 0 Å². The van der Waals surface area contributed by atoms with Crippen LogP contribution in [0.5, 0.6) is 5.75 Å². The fraction of sp³-hybridized carbons (Fsp3) is 0.438. The molecular formula is C16H22N2O2. The fourth-order valence-corrected chi connectivity index (χ4v) is 2.40. The standard InChI is InChI=1S/C16H22N2O2/c1-3-18-11-14(10-17-18)8-13(12-19)9-15-6-4-5-7-16(15)20-2/h4-7,10-11,13,19H,3,8-9,12H2,1-2H3. The maximum absolute atomic E-state index is 9.61. The van der Waals surface area contributed by atoms with Crippen molar-refractivity contribution in [2.75, 3.05) is 13.7 Å². The average molecular weight is 274 g/mol. The molecule has 0 radical (unpaired) electrons. The zero-order valence-corrected chi connectivity index (χ0v) is 12.1. The van der Waals surface area contributed by atoms with E-state index in [-0.39, 0.29) is 12.5 Å². The molecule has 4 nitrogen and oxygen atoms in total. The summed E-state index contributed by atoms with van der Waals surface area (Å²) in [5.41, 5.74) is 2.30. The van der Waals surface area contributed by atoms with Crippen molar-refractivity contribution < 1.29 is 9.84 Å². The first-order valence-electron chi connectivity index (χ1n) is 7.00. The topological polar surface area (TPSA) is 47.3 Å². The zero-order valence-electron chi connectivity index (χ0n) is 12.1. The Kier molecular flexibility index (Phi) is 5.18. The van der Waals surface area contributed by atoms with Gasteiger partial charge < -0.3 is 9.84 Å². The second-order valence-electron chi connectivity index (χ2n) is 4.97. The Balaban J connectivity index is 2.05. The molecule has 2 aromatic rings. The second kappa shape index (κ2) is 7.10. The summed E-state index contributed by atoms with van der Waals surface area (Å²) in [7, 11) is 1.68. The van der Waals surface area contributed by atoms with Crippen molar-refractivity contribution in [2.24, 2.45) is 5.92 Å². The number of para-hydroxylation sites is 1. The quantitative estimate of drug-likeness (QED) is 0.843. The largest absolute Gasteiger partial charge is 0.496 e. The Bertz CT molecular complexity index is 537.